The van der Waals surface area contributed by atoms with Crippen LogP contribution in [0.4, 0.5) is 0 Å². The van der Waals surface area contributed by atoms with Gasteiger partial charge in [-0.2, -0.15) is 0 Å². The summed E-state index contributed by atoms with van der Waals surface area (Å²) in [6.07, 6.45) is 1.70. The van der Waals surface area contributed by atoms with Gasteiger partial charge in [0.1, 0.15) is 12.4 Å². The largest absolute Gasteiger partial charge is 0.490 e. The van der Waals surface area contributed by atoms with E-state index in [9.17, 15) is 9.59 Å². The summed E-state index contributed by atoms with van der Waals surface area (Å²) in [7, 11) is 3.23. The zero-order chi connectivity index (χ0) is 20.8. The van der Waals surface area contributed by atoms with Crippen LogP contribution in [0.1, 0.15) is 44.6 Å². The Morgan fingerprint density at radius 3 is 2.46 bits per heavy atom. The highest BCUT2D eigenvalue weighted by Gasteiger charge is 2.27. The van der Waals surface area contributed by atoms with Crippen LogP contribution in [0, 0.1) is 13.8 Å². The third-order valence-electron chi connectivity index (χ3n) is 4.84. The minimum atomic E-state index is -0.440. The first kappa shape index (κ1) is 21.4. The van der Waals surface area contributed by atoms with Crippen LogP contribution >= 0.6 is 0 Å². The molecule has 0 fully saturated rings. The molecular weight excluding hydrogens is 356 g/mol. The zero-order valence-corrected chi connectivity index (χ0v) is 17.2. The second-order valence-electron chi connectivity index (χ2n) is 6.82. The second-order valence-corrected chi connectivity index (χ2v) is 6.82. The topological polar surface area (TPSA) is 71.6 Å². The summed E-state index contributed by atoms with van der Waals surface area (Å²) in [6.45, 7) is 10.1. The van der Waals surface area contributed by atoms with Crippen molar-refractivity contribution in [1.82, 2.24) is 9.88 Å². The Morgan fingerprint density at radius 2 is 1.89 bits per heavy atom. The first-order valence-electron chi connectivity index (χ1n) is 9.14. The van der Waals surface area contributed by atoms with Crippen molar-refractivity contribution in [2.75, 3.05) is 20.8 Å². The quantitative estimate of drug-likeness (QED) is 0.406. The Morgan fingerprint density at radius 1 is 1.25 bits per heavy atom. The molecule has 28 heavy (non-hydrogen) atoms. The number of hydrogen-bond acceptors (Lipinski definition) is 5. The number of esters is 1. The number of ketones is 1. The van der Waals surface area contributed by atoms with Crippen LogP contribution in [-0.2, 0) is 11.3 Å². The van der Waals surface area contributed by atoms with Crippen LogP contribution in [0.2, 0.25) is 0 Å². The van der Waals surface area contributed by atoms with Gasteiger partial charge in [0, 0.05) is 12.2 Å². The molecule has 2 rings (SSSR count). The van der Waals surface area contributed by atoms with E-state index in [4.69, 9.17) is 9.47 Å². The zero-order valence-electron chi connectivity index (χ0n) is 17.2. The summed E-state index contributed by atoms with van der Waals surface area (Å²) >= 11 is 0. The molecule has 1 N–H and O–H groups in total. The Labute approximate surface area is 166 Å². The number of nitrogens with zero attached hydrogens (tertiary/aromatic N) is 1. The SMILES string of the molecule is C=CCOc1ccc(CN(C)C(C)C(=O)c2[nH]c(C)c(C(=O)OC)c2C)cc1. The van der Waals surface area contributed by atoms with E-state index in [0.717, 1.165) is 11.3 Å². The van der Waals surface area contributed by atoms with Gasteiger partial charge in [0.05, 0.1) is 24.4 Å². The Bertz CT molecular complexity index is 852. The minimum Gasteiger partial charge on any atom is -0.490 e. The molecule has 1 atom stereocenters. The number of aromatic nitrogens is 1. The average Bonchev–Trinajstić information content (AvgIpc) is 2.99. The fraction of sp³-hybridized carbons (Fsp3) is 0.364. The second kappa shape index (κ2) is 9.37. The molecule has 0 aliphatic rings. The molecule has 0 amide bonds. The molecule has 2 aromatic rings. The summed E-state index contributed by atoms with van der Waals surface area (Å²) < 4.78 is 10.3. The fourth-order valence-corrected chi connectivity index (χ4v) is 3.08. The van der Waals surface area contributed by atoms with Crippen molar-refractivity contribution in [3.05, 3.63) is 65.0 Å². The fourth-order valence-electron chi connectivity index (χ4n) is 3.08. The molecule has 150 valence electrons. The Balaban J connectivity index is 2.10. The van der Waals surface area contributed by atoms with Gasteiger partial charge >= 0.3 is 5.97 Å². The number of carbonyl (C=O) groups is 2. The average molecular weight is 384 g/mol. The number of methoxy groups -OCH3 is 1. The summed E-state index contributed by atoms with van der Waals surface area (Å²) in [5.41, 5.74) is 3.21. The number of nitrogens with one attached hydrogen (secondary N) is 1. The van der Waals surface area contributed by atoms with E-state index >= 15 is 0 Å². The van der Waals surface area contributed by atoms with Crippen LogP contribution in [0.25, 0.3) is 0 Å². The lowest BCUT2D eigenvalue weighted by Gasteiger charge is -2.23. The van der Waals surface area contributed by atoms with Gasteiger partial charge < -0.3 is 14.5 Å². The number of likely N-dealkylation sites (N-methyl/N-ethyl adjacent to an activating group) is 1. The number of aryl methyl sites for hydroxylation is 1. The van der Waals surface area contributed by atoms with E-state index in [1.807, 2.05) is 43.1 Å². The van der Waals surface area contributed by atoms with Crippen molar-refractivity contribution in [2.24, 2.45) is 0 Å². The van der Waals surface area contributed by atoms with Crippen molar-refractivity contribution in [1.29, 1.82) is 0 Å². The van der Waals surface area contributed by atoms with E-state index in [1.165, 1.54) is 7.11 Å². The first-order valence-corrected chi connectivity index (χ1v) is 9.14. The highest BCUT2D eigenvalue weighted by molar-refractivity contribution is 6.03. The van der Waals surface area contributed by atoms with E-state index < -0.39 is 5.97 Å². The summed E-state index contributed by atoms with van der Waals surface area (Å²) in [4.78, 5) is 30.0. The molecule has 6 heteroatoms. The highest BCUT2D eigenvalue weighted by atomic mass is 16.5. The molecule has 0 saturated heterocycles. The number of carbonyl (C=O) groups excluding carboxylic acids is 2. The standard InChI is InChI=1S/C22H28N2O4/c1-7-12-28-18-10-8-17(9-11-18)13-24(5)16(4)21(25)20-14(2)19(15(3)23-20)22(26)27-6/h7-11,16,23H,1,12-13H2,2-6H3. The number of hydrogen-bond donors (Lipinski definition) is 1. The molecule has 0 radical (unpaired) electrons. The van der Waals surface area contributed by atoms with Crippen molar-refractivity contribution >= 4 is 11.8 Å². The van der Waals surface area contributed by atoms with Gasteiger partial charge in [-0.05, 0) is 51.1 Å². The van der Waals surface area contributed by atoms with E-state index in [-0.39, 0.29) is 11.8 Å². The Hall–Kier alpha value is -2.86. The van der Waals surface area contributed by atoms with Gasteiger partial charge in [-0.3, -0.25) is 9.69 Å². The molecule has 0 bridgehead atoms. The number of aromatic amines is 1. The summed E-state index contributed by atoms with van der Waals surface area (Å²) in [5.74, 6) is 0.275. The number of benzene rings is 1. The molecule has 0 aliphatic heterocycles. The lowest BCUT2D eigenvalue weighted by atomic mass is 10.0. The van der Waals surface area contributed by atoms with Crippen LogP contribution < -0.4 is 4.74 Å². The molecule has 1 aromatic heterocycles. The normalized spacial score (nSPS) is 11.9. The molecule has 0 spiro atoms. The third kappa shape index (κ3) is 4.70. The number of rotatable bonds is 9. The first-order chi connectivity index (χ1) is 13.3. The molecule has 6 nitrogen and oxygen atoms in total. The van der Waals surface area contributed by atoms with E-state index in [0.29, 0.717) is 35.7 Å². The number of ether oxygens (including phenoxy) is 2. The highest BCUT2D eigenvalue weighted by Crippen LogP contribution is 2.22. The van der Waals surface area contributed by atoms with E-state index in [1.54, 1.807) is 19.9 Å². The lowest BCUT2D eigenvalue weighted by Crippen LogP contribution is -2.36. The maximum Gasteiger partial charge on any atom is 0.339 e. The van der Waals surface area contributed by atoms with Crippen LogP contribution in [0.3, 0.4) is 0 Å². The monoisotopic (exact) mass is 384 g/mol. The molecule has 1 aromatic carbocycles. The van der Waals surface area contributed by atoms with Gasteiger partial charge in [0.2, 0.25) is 0 Å². The van der Waals surface area contributed by atoms with Gasteiger partial charge in [-0.1, -0.05) is 24.8 Å². The minimum absolute atomic E-state index is 0.0656. The van der Waals surface area contributed by atoms with Gasteiger partial charge in [0.15, 0.2) is 5.78 Å². The van der Waals surface area contributed by atoms with E-state index in [2.05, 4.69) is 11.6 Å². The molecule has 1 unspecified atom stereocenters. The molecule has 0 saturated carbocycles. The van der Waals surface area contributed by atoms with Gasteiger partial charge in [-0.15, -0.1) is 0 Å². The summed E-state index contributed by atoms with van der Waals surface area (Å²) in [6, 6.07) is 7.40. The predicted molar refractivity (Wildman–Crippen MR) is 109 cm³/mol. The lowest BCUT2D eigenvalue weighted by molar-refractivity contribution is 0.0599. The van der Waals surface area contributed by atoms with Crippen LogP contribution in [0.5, 0.6) is 5.75 Å². The molecule has 1 heterocycles. The molecule has 0 aliphatic carbocycles. The Kier molecular flexibility index (Phi) is 7.18. The number of H-pyrrole nitrogens is 1. The predicted octanol–water partition coefficient (Wildman–Crippen LogP) is 3.69. The van der Waals surface area contributed by atoms with Crippen molar-refractivity contribution < 1.29 is 19.1 Å². The molecular formula is C22H28N2O4. The van der Waals surface area contributed by atoms with Crippen molar-refractivity contribution in [3.8, 4) is 5.75 Å². The third-order valence-corrected chi connectivity index (χ3v) is 4.84. The van der Waals surface area contributed by atoms with Crippen molar-refractivity contribution in [3.63, 3.8) is 0 Å². The van der Waals surface area contributed by atoms with Crippen LogP contribution in [-0.4, -0.2) is 48.4 Å². The van der Waals surface area contributed by atoms with Gasteiger partial charge in [-0.25, -0.2) is 4.79 Å². The number of Topliss-reactive ketones (excluding diaryl/α,β-unsaturated/α-hetero) is 1. The van der Waals surface area contributed by atoms with Crippen LogP contribution in [0.15, 0.2) is 36.9 Å². The summed E-state index contributed by atoms with van der Waals surface area (Å²) in [5, 5.41) is 0. The smallest absolute Gasteiger partial charge is 0.339 e. The maximum absolute atomic E-state index is 13.0. The maximum atomic E-state index is 13.0. The van der Waals surface area contributed by atoms with Gasteiger partial charge in [0.25, 0.3) is 0 Å². The van der Waals surface area contributed by atoms with Crippen molar-refractivity contribution in [2.45, 2.75) is 33.4 Å².